The van der Waals surface area contributed by atoms with Gasteiger partial charge in [-0.05, 0) is 17.7 Å². The van der Waals surface area contributed by atoms with Gasteiger partial charge in [-0.25, -0.2) is 0 Å². The fourth-order valence-corrected chi connectivity index (χ4v) is 3.25. The first kappa shape index (κ1) is 17.6. The standard InChI is InChI=1S/C19H24N2OS/c1-14(23-17-11-7-4-8-12-17)13-21-19(22)15(2)18(20)16-9-5-3-6-10-16/h3-12,14-15,18H,13,20H2,1-2H3,(H,21,22). The maximum Gasteiger partial charge on any atom is 0.224 e. The maximum atomic E-state index is 12.3. The molecule has 0 spiro atoms. The molecular formula is C19H24N2OS. The largest absolute Gasteiger partial charge is 0.355 e. The fraction of sp³-hybridized carbons (Fsp3) is 0.316. The van der Waals surface area contributed by atoms with Crippen molar-refractivity contribution in [2.45, 2.75) is 30.0 Å². The molecule has 0 heterocycles. The summed E-state index contributed by atoms with van der Waals surface area (Å²) in [6.07, 6.45) is 0. The Labute approximate surface area is 142 Å². The average molecular weight is 328 g/mol. The maximum absolute atomic E-state index is 12.3. The number of rotatable bonds is 7. The molecule has 1 amide bonds. The number of carbonyl (C=O) groups excluding carboxylic acids is 1. The van der Waals surface area contributed by atoms with Crippen LogP contribution in [0.5, 0.6) is 0 Å². The number of carbonyl (C=O) groups is 1. The third kappa shape index (κ3) is 5.41. The lowest BCUT2D eigenvalue weighted by Gasteiger charge is -2.21. The molecule has 0 saturated heterocycles. The van der Waals surface area contributed by atoms with Crippen molar-refractivity contribution in [1.29, 1.82) is 0 Å². The number of hydrogen-bond acceptors (Lipinski definition) is 3. The minimum absolute atomic E-state index is 0.00173. The minimum atomic E-state index is -0.284. The van der Waals surface area contributed by atoms with Crippen LogP contribution in [0.1, 0.15) is 25.5 Å². The molecule has 2 aromatic carbocycles. The van der Waals surface area contributed by atoms with Crippen LogP contribution in [0.25, 0.3) is 0 Å². The molecule has 0 aromatic heterocycles. The Bertz CT molecular complexity index is 603. The predicted octanol–water partition coefficient (Wildman–Crippen LogP) is 3.62. The van der Waals surface area contributed by atoms with Gasteiger partial charge in [0, 0.05) is 22.7 Å². The smallest absolute Gasteiger partial charge is 0.224 e. The van der Waals surface area contributed by atoms with E-state index in [4.69, 9.17) is 5.73 Å². The zero-order chi connectivity index (χ0) is 16.7. The molecule has 0 saturated carbocycles. The molecule has 0 fully saturated rings. The molecule has 122 valence electrons. The average Bonchev–Trinajstić information content (AvgIpc) is 2.60. The van der Waals surface area contributed by atoms with E-state index >= 15 is 0 Å². The van der Waals surface area contributed by atoms with E-state index in [9.17, 15) is 4.79 Å². The fourth-order valence-electron chi connectivity index (χ4n) is 2.31. The van der Waals surface area contributed by atoms with Gasteiger partial charge in [0.1, 0.15) is 0 Å². The number of amides is 1. The van der Waals surface area contributed by atoms with E-state index in [-0.39, 0.29) is 17.9 Å². The first-order valence-electron chi connectivity index (χ1n) is 7.88. The second-order valence-corrected chi connectivity index (χ2v) is 7.22. The van der Waals surface area contributed by atoms with E-state index in [1.54, 1.807) is 11.8 Å². The van der Waals surface area contributed by atoms with Gasteiger partial charge in [0.2, 0.25) is 5.91 Å². The van der Waals surface area contributed by atoms with Crippen molar-refractivity contribution in [3.8, 4) is 0 Å². The van der Waals surface area contributed by atoms with Crippen molar-refractivity contribution >= 4 is 17.7 Å². The second kappa shape index (κ2) is 8.75. The van der Waals surface area contributed by atoms with Crippen LogP contribution in [-0.2, 0) is 4.79 Å². The lowest BCUT2D eigenvalue weighted by molar-refractivity contribution is -0.125. The summed E-state index contributed by atoms with van der Waals surface area (Å²) >= 11 is 1.76. The van der Waals surface area contributed by atoms with Crippen LogP contribution in [0.2, 0.25) is 0 Å². The Morgan fingerprint density at radius 3 is 2.22 bits per heavy atom. The molecule has 23 heavy (non-hydrogen) atoms. The summed E-state index contributed by atoms with van der Waals surface area (Å²) in [6.45, 7) is 4.62. The van der Waals surface area contributed by atoms with Crippen molar-refractivity contribution in [2.24, 2.45) is 11.7 Å². The molecule has 3 unspecified atom stereocenters. The number of nitrogens with two attached hydrogens (primary N) is 1. The first-order valence-corrected chi connectivity index (χ1v) is 8.76. The molecule has 0 aliphatic carbocycles. The van der Waals surface area contributed by atoms with Crippen molar-refractivity contribution in [1.82, 2.24) is 5.32 Å². The summed E-state index contributed by atoms with van der Waals surface area (Å²) in [4.78, 5) is 13.5. The van der Waals surface area contributed by atoms with Crippen LogP contribution >= 0.6 is 11.8 Å². The van der Waals surface area contributed by atoms with Crippen molar-refractivity contribution in [3.63, 3.8) is 0 Å². The summed E-state index contributed by atoms with van der Waals surface area (Å²) in [6, 6.07) is 19.7. The number of nitrogens with one attached hydrogen (secondary N) is 1. The summed E-state index contributed by atoms with van der Waals surface area (Å²) in [5, 5.41) is 3.32. The Balaban J connectivity index is 1.82. The van der Waals surface area contributed by atoms with Crippen LogP contribution in [0.15, 0.2) is 65.6 Å². The molecule has 3 N–H and O–H groups in total. The van der Waals surface area contributed by atoms with Gasteiger partial charge >= 0.3 is 0 Å². The number of benzene rings is 2. The zero-order valence-corrected chi connectivity index (χ0v) is 14.4. The minimum Gasteiger partial charge on any atom is -0.355 e. The molecule has 3 atom stereocenters. The number of hydrogen-bond donors (Lipinski definition) is 2. The summed E-state index contributed by atoms with van der Waals surface area (Å²) in [5.74, 6) is -0.256. The second-order valence-electron chi connectivity index (χ2n) is 5.71. The summed E-state index contributed by atoms with van der Waals surface area (Å²) < 4.78 is 0. The van der Waals surface area contributed by atoms with Crippen molar-refractivity contribution in [3.05, 3.63) is 66.2 Å². The van der Waals surface area contributed by atoms with E-state index in [2.05, 4.69) is 24.4 Å². The number of thioether (sulfide) groups is 1. The molecule has 4 heteroatoms. The Morgan fingerprint density at radius 1 is 1.04 bits per heavy atom. The van der Waals surface area contributed by atoms with Gasteiger partial charge in [-0.15, -0.1) is 11.8 Å². The highest BCUT2D eigenvalue weighted by atomic mass is 32.2. The van der Waals surface area contributed by atoms with E-state index in [0.29, 0.717) is 11.8 Å². The van der Waals surface area contributed by atoms with Crippen LogP contribution in [0.3, 0.4) is 0 Å². The van der Waals surface area contributed by atoms with Gasteiger partial charge in [-0.1, -0.05) is 62.4 Å². The Kier molecular flexibility index (Phi) is 6.68. The molecule has 2 rings (SSSR count). The van der Waals surface area contributed by atoms with E-state index < -0.39 is 0 Å². The van der Waals surface area contributed by atoms with E-state index in [1.165, 1.54) is 4.90 Å². The summed E-state index contributed by atoms with van der Waals surface area (Å²) in [7, 11) is 0. The molecule has 3 nitrogen and oxygen atoms in total. The van der Waals surface area contributed by atoms with Crippen molar-refractivity contribution in [2.75, 3.05) is 6.54 Å². The zero-order valence-electron chi connectivity index (χ0n) is 13.6. The quantitative estimate of drug-likeness (QED) is 0.763. The first-order chi connectivity index (χ1) is 11.1. The molecule has 2 aromatic rings. The Morgan fingerprint density at radius 2 is 1.61 bits per heavy atom. The van der Waals surface area contributed by atoms with Crippen LogP contribution in [0.4, 0.5) is 0 Å². The van der Waals surface area contributed by atoms with Crippen LogP contribution < -0.4 is 11.1 Å². The van der Waals surface area contributed by atoms with Gasteiger partial charge in [-0.2, -0.15) is 0 Å². The molecule has 0 radical (unpaired) electrons. The lowest BCUT2D eigenvalue weighted by Crippen LogP contribution is -2.38. The third-order valence-corrected chi connectivity index (χ3v) is 4.89. The molecule has 0 bridgehead atoms. The van der Waals surface area contributed by atoms with Gasteiger partial charge in [-0.3, -0.25) is 4.79 Å². The molecule has 0 aliphatic rings. The third-order valence-electron chi connectivity index (χ3n) is 3.78. The normalized spacial score (nSPS) is 14.7. The highest BCUT2D eigenvalue weighted by Crippen LogP contribution is 2.23. The monoisotopic (exact) mass is 328 g/mol. The van der Waals surface area contributed by atoms with Gasteiger partial charge < -0.3 is 11.1 Å². The Hall–Kier alpha value is -1.78. The lowest BCUT2D eigenvalue weighted by atomic mass is 9.95. The topological polar surface area (TPSA) is 55.1 Å². The van der Waals surface area contributed by atoms with Crippen LogP contribution in [0, 0.1) is 5.92 Å². The molecular weight excluding hydrogens is 304 g/mol. The van der Waals surface area contributed by atoms with Gasteiger partial charge in [0.25, 0.3) is 0 Å². The summed E-state index contributed by atoms with van der Waals surface area (Å²) in [5.41, 5.74) is 7.19. The SMILES string of the molecule is CC(CNC(=O)C(C)C(N)c1ccccc1)Sc1ccccc1. The highest BCUT2D eigenvalue weighted by Gasteiger charge is 2.22. The van der Waals surface area contributed by atoms with E-state index in [0.717, 1.165) is 5.56 Å². The van der Waals surface area contributed by atoms with Gasteiger partial charge in [0.05, 0.1) is 5.92 Å². The predicted molar refractivity (Wildman–Crippen MR) is 97.3 cm³/mol. The van der Waals surface area contributed by atoms with E-state index in [1.807, 2.05) is 55.5 Å². The van der Waals surface area contributed by atoms with Crippen LogP contribution in [-0.4, -0.2) is 17.7 Å². The molecule has 0 aliphatic heterocycles. The highest BCUT2D eigenvalue weighted by molar-refractivity contribution is 8.00. The van der Waals surface area contributed by atoms with Crippen molar-refractivity contribution < 1.29 is 4.79 Å². The van der Waals surface area contributed by atoms with Gasteiger partial charge in [0.15, 0.2) is 0 Å².